The van der Waals surface area contributed by atoms with Gasteiger partial charge in [-0.25, -0.2) is 0 Å². The van der Waals surface area contributed by atoms with Crippen LogP contribution in [0.15, 0.2) is 24.4 Å². The van der Waals surface area contributed by atoms with Crippen molar-refractivity contribution in [2.24, 2.45) is 0 Å². The van der Waals surface area contributed by atoms with Gasteiger partial charge in [0.05, 0.1) is 27.2 Å². The standard InChI is InChI=1S/C18H22N6O5/c1-3-22-12-15(13(2)19-22)11-20-4-6-21(7-5-20)18(25)14-8-16(23(26)27)10-17(9-14)24(28)29/h8-10,12H,3-7,11H2,1-2H3. The Bertz CT molecular complexity index is 916. The molecule has 1 aliphatic rings. The van der Waals surface area contributed by atoms with Gasteiger partial charge in [0.15, 0.2) is 0 Å². The number of hydrogen-bond donors (Lipinski definition) is 0. The van der Waals surface area contributed by atoms with Crippen LogP contribution in [0, 0.1) is 27.2 Å². The topological polar surface area (TPSA) is 128 Å². The minimum Gasteiger partial charge on any atom is -0.336 e. The number of aromatic nitrogens is 2. The number of rotatable bonds is 6. The zero-order valence-electron chi connectivity index (χ0n) is 16.3. The van der Waals surface area contributed by atoms with Crippen LogP contribution in [0.5, 0.6) is 0 Å². The van der Waals surface area contributed by atoms with Gasteiger partial charge in [-0.05, 0) is 13.8 Å². The molecule has 0 saturated carbocycles. The van der Waals surface area contributed by atoms with Crippen molar-refractivity contribution in [3.8, 4) is 0 Å². The minimum absolute atomic E-state index is 0.0422. The van der Waals surface area contributed by atoms with Crippen molar-refractivity contribution in [1.29, 1.82) is 0 Å². The van der Waals surface area contributed by atoms with Gasteiger partial charge in [0.1, 0.15) is 0 Å². The van der Waals surface area contributed by atoms with E-state index in [2.05, 4.69) is 10.00 Å². The Hall–Kier alpha value is -3.34. The molecule has 0 radical (unpaired) electrons. The van der Waals surface area contributed by atoms with E-state index in [1.165, 1.54) is 0 Å². The maximum absolute atomic E-state index is 12.8. The van der Waals surface area contributed by atoms with Crippen molar-refractivity contribution in [3.05, 3.63) is 61.4 Å². The van der Waals surface area contributed by atoms with Crippen molar-refractivity contribution in [2.45, 2.75) is 26.9 Å². The predicted octanol–water partition coefficient (Wildman–Crippen LogP) is 1.99. The highest BCUT2D eigenvalue weighted by molar-refractivity contribution is 5.95. The molecule has 1 aliphatic heterocycles. The highest BCUT2D eigenvalue weighted by atomic mass is 16.6. The van der Waals surface area contributed by atoms with Gasteiger partial charge in [0.2, 0.25) is 0 Å². The third kappa shape index (κ3) is 4.57. The number of amides is 1. The number of piperazine rings is 1. The third-order valence-electron chi connectivity index (χ3n) is 5.00. The number of nitrogens with zero attached hydrogens (tertiary/aromatic N) is 6. The van der Waals surface area contributed by atoms with Gasteiger partial charge in [-0.1, -0.05) is 0 Å². The number of nitro groups is 2. The number of hydrogen-bond acceptors (Lipinski definition) is 7. The Morgan fingerprint density at radius 2 is 1.66 bits per heavy atom. The largest absolute Gasteiger partial charge is 0.336 e. The average molecular weight is 402 g/mol. The monoisotopic (exact) mass is 402 g/mol. The van der Waals surface area contributed by atoms with Crippen LogP contribution in [0.4, 0.5) is 11.4 Å². The molecule has 1 aromatic heterocycles. The van der Waals surface area contributed by atoms with E-state index in [1.807, 2.05) is 24.7 Å². The molecule has 154 valence electrons. The van der Waals surface area contributed by atoms with Crippen molar-refractivity contribution in [2.75, 3.05) is 26.2 Å². The van der Waals surface area contributed by atoms with Crippen LogP contribution in [0.2, 0.25) is 0 Å². The number of nitro benzene ring substituents is 2. The normalized spacial score (nSPS) is 14.8. The molecule has 1 saturated heterocycles. The lowest BCUT2D eigenvalue weighted by molar-refractivity contribution is -0.394. The quantitative estimate of drug-likeness (QED) is 0.534. The molecule has 0 spiro atoms. The van der Waals surface area contributed by atoms with Gasteiger partial charge in [0.25, 0.3) is 17.3 Å². The number of non-ortho nitro benzene ring substituents is 2. The van der Waals surface area contributed by atoms with E-state index >= 15 is 0 Å². The summed E-state index contributed by atoms with van der Waals surface area (Å²) in [6.07, 6.45) is 2.02. The fourth-order valence-corrected chi connectivity index (χ4v) is 3.34. The summed E-state index contributed by atoms with van der Waals surface area (Å²) in [7, 11) is 0. The smallest absolute Gasteiger partial charge is 0.277 e. The summed E-state index contributed by atoms with van der Waals surface area (Å²) in [6.45, 7) is 7.69. The molecule has 1 amide bonds. The Kier molecular flexibility index (Phi) is 5.87. The van der Waals surface area contributed by atoms with Crippen molar-refractivity contribution >= 4 is 17.3 Å². The molecule has 0 unspecified atom stereocenters. The molecule has 3 rings (SSSR count). The fraction of sp³-hybridized carbons (Fsp3) is 0.444. The molecule has 11 nitrogen and oxygen atoms in total. The molecule has 0 bridgehead atoms. The molecule has 29 heavy (non-hydrogen) atoms. The predicted molar refractivity (Wildman–Crippen MR) is 104 cm³/mol. The van der Waals surface area contributed by atoms with E-state index in [0.29, 0.717) is 26.2 Å². The van der Waals surface area contributed by atoms with Gasteiger partial charge >= 0.3 is 0 Å². The lowest BCUT2D eigenvalue weighted by Crippen LogP contribution is -2.48. The minimum atomic E-state index is -0.736. The third-order valence-corrected chi connectivity index (χ3v) is 5.00. The van der Waals surface area contributed by atoms with Crippen LogP contribution in [-0.2, 0) is 13.1 Å². The van der Waals surface area contributed by atoms with Gasteiger partial charge < -0.3 is 4.90 Å². The summed E-state index contributed by atoms with van der Waals surface area (Å²) in [6, 6.07) is 3.03. The van der Waals surface area contributed by atoms with Crippen LogP contribution < -0.4 is 0 Å². The maximum Gasteiger partial charge on any atom is 0.277 e. The summed E-state index contributed by atoms with van der Waals surface area (Å²) in [5.41, 5.74) is 1.14. The summed E-state index contributed by atoms with van der Waals surface area (Å²) in [5, 5.41) is 26.5. The summed E-state index contributed by atoms with van der Waals surface area (Å²) in [5.74, 6) is -0.438. The molecule has 2 aromatic rings. The average Bonchev–Trinajstić information content (AvgIpc) is 3.07. The van der Waals surface area contributed by atoms with Gasteiger partial charge in [0, 0.05) is 63.2 Å². The number of carbonyl (C=O) groups excluding carboxylic acids is 1. The van der Waals surface area contributed by atoms with Crippen LogP contribution in [-0.4, -0.2) is 61.5 Å². The Labute approximate surface area is 166 Å². The molecule has 0 aliphatic carbocycles. The van der Waals surface area contributed by atoms with E-state index in [1.54, 1.807) is 4.90 Å². The second kappa shape index (κ2) is 8.35. The van der Waals surface area contributed by atoms with Crippen LogP contribution in [0.1, 0.15) is 28.5 Å². The second-order valence-electron chi connectivity index (χ2n) is 6.92. The summed E-state index contributed by atoms with van der Waals surface area (Å²) < 4.78 is 1.89. The molecular weight excluding hydrogens is 380 g/mol. The summed E-state index contributed by atoms with van der Waals surface area (Å²) >= 11 is 0. The van der Waals surface area contributed by atoms with Crippen LogP contribution >= 0.6 is 0 Å². The van der Waals surface area contributed by atoms with Crippen LogP contribution in [0.25, 0.3) is 0 Å². The Morgan fingerprint density at radius 3 is 2.14 bits per heavy atom. The maximum atomic E-state index is 12.8. The van der Waals surface area contributed by atoms with E-state index in [9.17, 15) is 25.0 Å². The van der Waals surface area contributed by atoms with Gasteiger partial charge in [-0.3, -0.25) is 34.6 Å². The first-order chi connectivity index (χ1) is 13.8. The molecule has 0 atom stereocenters. The fourth-order valence-electron chi connectivity index (χ4n) is 3.34. The summed E-state index contributed by atoms with van der Waals surface area (Å²) in [4.78, 5) is 37.1. The first-order valence-corrected chi connectivity index (χ1v) is 9.27. The van der Waals surface area contributed by atoms with E-state index < -0.39 is 27.1 Å². The first-order valence-electron chi connectivity index (χ1n) is 9.27. The molecular formula is C18H22N6O5. The van der Waals surface area contributed by atoms with E-state index in [0.717, 1.165) is 42.5 Å². The molecule has 1 aromatic carbocycles. The second-order valence-corrected chi connectivity index (χ2v) is 6.92. The molecule has 0 N–H and O–H groups in total. The first kappa shape index (κ1) is 20.4. The van der Waals surface area contributed by atoms with Crippen molar-refractivity contribution < 1.29 is 14.6 Å². The van der Waals surface area contributed by atoms with E-state index in [4.69, 9.17) is 0 Å². The highest BCUT2D eigenvalue weighted by Gasteiger charge is 2.26. The zero-order valence-corrected chi connectivity index (χ0v) is 16.3. The van der Waals surface area contributed by atoms with Crippen LogP contribution in [0.3, 0.4) is 0 Å². The number of benzene rings is 1. The van der Waals surface area contributed by atoms with Gasteiger partial charge in [-0.2, -0.15) is 5.10 Å². The van der Waals surface area contributed by atoms with Crippen molar-refractivity contribution in [1.82, 2.24) is 19.6 Å². The van der Waals surface area contributed by atoms with E-state index in [-0.39, 0.29) is 5.56 Å². The SMILES string of the molecule is CCn1cc(CN2CCN(C(=O)c3cc([N+](=O)[O-])cc([N+](=O)[O-])c3)CC2)c(C)n1. The molecule has 11 heteroatoms. The Morgan fingerprint density at radius 1 is 1.07 bits per heavy atom. The molecule has 2 heterocycles. The highest BCUT2D eigenvalue weighted by Crippen LogP contribution is 2.24. The van der Waals surface area contributed by atoms with Crippen molar-refractivity contribution in [3.63, 3.8) is 0 Å². The van der Waals surface area contributed by atoms with Gasteiger partial charge in [-0.15, -0.1) is 0 Å². The lowest BCUT2D eigenvalue weighted by Gasteiger charge is -2.34. The number of aryl methyl sites for hydroxylation is 2. The molecule has 1 fully saturated rings. The Balaban J connectivity index is 1.67. The zero-order chi connectivity index (χ0) is 21.1. The lowest BCUT2D eigenvalue weighted by atomic mass is 10.1. The number of carbonyl (C=O) groups is 1.